The smallest absolute Gasteiger partial charge is 0.137 e. The van der Waals surface area contributed by atoms with E-state index in [4.69, 9.17) is 23.2 Å². The number of alkyl halides is 2. The number of rotatable bonds is 2. The molecule has 1 rings (SSSR count). The van der Waals surface area contributed by atoms with Gasteiger partial charge in [-0.3, -0.25) is 0 Å². The molecule has 13 heavy (non-hydrogen) atoms. The van der Waals surface area contributed by atoms with Crippen LogP contribution in [0, 0.1) is 12.7 Å². The van der Waals surface area contributed by atoms with Crippen molar-refractivity contribution in [2.75, 3.05) is 0 Å². The summed E-state index contributed by atoms with van der Waals surface area (Å²) >= 11 is 11.0. The Balaban J connectivity index is 3.05. The molecule has 1 aromatic carbocycles. The summed E-state index contributed by atoms with van der Waals surface area (Å²) in [7, 11) is 0. The second-order valence-electron chi connectivity index (χ2n) is 2.78. The van der Waals surface area contributed by atoms with Crippen LogP contribution in [-0.4, -0.2) is 9.94 Å². The molecule has 0 saturated heterocycles. The highest BCUT2D eigenvalue weighted by atomic mass is 35.5. The molecule has 1 N–H and O–H groups in total. The van der Waals surface area contributed by atoms with E-state index in [1.807, 2.05) is 0 Å². The first-order valence-corrected chi connectivity index (χ1v) is 4.62. The first-order valence-electron chi connectivity index (χ1n) is 3.74. The molecular weight excluding hydrogens is 214 g/mol. The Bertz CT molecular complexity index is 302. The van der Waals surface area contributed by atoms with E-state index in [2.05, 4.69) is 0 Å². The first kappa shape index (κ1) is 10.8. The predicted octanol–water partition coefficient (Wildman–Crippen LogP) is 2.97. The molecule has 4 heteroatoms. The van der Waals surface area contributed by atoms with Crippen molar-refractivity contribution in [1.82, 2.24) is 0 Å². The number of halogens is 3. The van der Waals surface area contributed by atoms with Gasteiger partial charge < -0.3 is 5.11 Å². The van der Waals surface area contributed by atoms with Gasteiger partial charge in [0.15, 0.2) is 0 Å². The summed E-state index contributed by atoms with van der Waals surface area (Å²) in [6.45, 7) is 1.76. The fraction of sp³-hybridized carbons (Fsp3) is 0.333. The Morgan fingerprint density at radius 1 is 1.38 bits per heavy atom. The van der Waals surface area contributed by atoms with Gasteiger partial charge in [0.1, 0.15) is 16.8 Å². The molecule has 72 valence electrons. The largest absolute Gasteiger partial charge is 0.386 e. The molecule has 1 unspecified atom stereocenters. The zero-order valence-electron chi connectivity index (χ0n) is 6.97. The van der Waals surface area contributed by atoms with Gasteiger partial charge in [0.05, 0.1) is 0 Å². The fourth-order valence-corrected chi connectivity index (χ4v) is 1.34. The second kappa shape index (κ2) is 4.27. The second-order valence-corrected chi connectivity index (χ2v) is 3.94. The molecule has 0 amide bonds. The number of aryl methyl sites for hydroxylation is 1. The van der Waals surface area contributed by atoms with E-state index in [9.17, 15) is 9.50 Å². The van der Waals surface area contributed by atoms with Gasteiger partial charge in [0.2, 0.25) is 0 Å². The van der Waals surface area contributed by atoms with Crippen molar-refractivity contribution in [3.05, 3.63) is 35.1 Å². The van der Waals surface area contributed by atoms with Crippen molar-refractivity contribution in [2.45, 2.75) is 17.9 Å². The van der Waals surface area contributed by atoms with E-state index >= 15 is 0 Å². The van der Waals surface area contributed by atoms with E-state index in [1.165, 1.54) is 12.1 Å². The van der Waals surface area contributed by atoms with Gasteiger partial charge in [-0.2, -0.15) is 0 Å². The van der Waals surface area contributed by atoms with Crippen LogP contribution in [0.25, 0.3) is 0 Å². The summed E-state index contributed by atoms with van der Waals surface area (Å²) < 4.78 is 12.8. The van der Waals surface area contributed by atoms with Crippen molar-refractivity contribution >= 4 is 23.2 Å². The standard InChI is InChI=1S/C9H9Cl2FO/c1-5-2-3-6(12)4-7(5)8(13)9(10)11/h2-4,8-9,13H,1H3. The minimum absolute atomic E-state index is 0.409. The Hall–Kier alpha value is -0.310. The number of hydrogen-bond acceptors (Lipinski definition) is 1. The summed E-state index contributed by atoms with van der Waals surface area (Å²) in [5.74, 6) is -0.409. The van der Waals surface area contributed by atoms with Crippen LogP contribution in [0.15, 0.2) is 18.2 Å². The van der Waals surface area contributed by atoms with Gasteiger partial charge in [0.25, 0.3) is 0 Å². The van der Waals surface area contributed by atoms with E-state index in [0.29, 0.717) is 5.56 Å². The number of aliphatic hydroxyl groups excluding tert-OH is 1. The molecule has 0 heterocycles. The van der Waals surface area contributed by atoms with Crippen LogP contribution in [0.2, 0.25) is 0 Å². The Morgan fingerprint density at radius 2 is 2.00 bits per heavy atom. The van der Waals surface area contributed by atoms with Gasteiger partial charge in [0, 0.05) is 0 Å². The fourth-order valence-electron chi connectivity index (χ4n) is 1.07. The number of benzene rings is 1. The Morgan fingerprint density at radius 3 is 2.54 bits per heavy atom. The van der Waals surface area contributed by atoms with Crippen molar-refractivity contribution < 1.29 is 9.50 Å². The maximum absolute atomic E-state index is 12.8. The summed E-state index contributed by atoms with van der Waals surface area (Å²) in [5, 5.41) is 9.47. The summed E-state index contributed by atoms with van der Waals surface area (Å²) in [4.78, 5) is -0.944. The molecule has 0 saturated carbocycles. The molecule has 1 nitrogen and oxygen atoms in total. The van der Waals surface area contributed by atoms with Crippen LogP contribution < -0.4 is 0 Å². The average Bonchev–Trinajstić information content (AvgIpc) is 2.08. The molecule has 1 atom stereocenters. The third-order valence-corrected chi connectivity index (χ3v) is 2.28. The van der Waals surface area contributed by atoms with Gasteiger partial charge in [-0.1, -0.05) is 6.07 Å². The lowest BCUT2D eigenvalue weighted by Gasteiger charge is -2.14. The van der Waals surface area contributed by atoms with Crippen molar-refractivity contribution in [2.24, 2.45) is 0 Å². The minimum atomic E-state index is -1.04. The predicted molar refractivity (Wildman–Crippen MR) is 51.6 cm³/mol. The molecule has 0 aliphatic rings. The van der Waals surface area contributed by atoms with Crippen molar-refractivity contribution in [3.8, 4) is 0 Å². The van der Waals surface area contributed by atoms with Gasteiger partial charge in [-0.05, 0) is 30.2 Å². The summed E-state index contributed by atoms with van der Waals surface area (Å²) in [6, 6.07) is 4.13. The van der Waals surface area contributed by atoms with Crippen LogP contribution in [0.5, 0.6) is 0 Å². The third kappa shape index (κ3) is 2.56. The molecule has 1 aromatic rings. The third-order valence-electron chi connectivity index (χ3n) is 1.80. The van der Waals surface area contributed by atoms with Crippen LogP contribution in [0.3, 0.4) is 0 Å². The topological polar surface area (TPSA) is 20.2 Å². The molecule has 0 aromatic heterocycles. The zero-order valence-corrected chi connectivity index (χ0v) is 8.48. The van der Waals surface area contributed by atoms with Gasteiger partial charge in [-0.15, -0.1) is 23.2 Å². The molecular formula is C9H9Cl2FO. The van der Waals surface area contributed by atoms with E-state index in [1.54, 1.807) is 13.0 Å². The highest BCUT2D eigenvalue weighted by Crippen LogP contribution is 2.26. The van der Waals surface area contributed by atoms with E-state index in [-0.39, 0.29) is 0 Å². The van der Waals surface area contributed by atoms with Gasteiger partial charge in [-0.25, -0.2) is 4.39 Å². The Kier molecular flexibility index (Phi) is 3.54. The maximum atomic E-state index is 12.8. The lowest BCUT2D eigenvalue weighted by Crippen LogP contribution is -2.08. The van der Waals surface area contributed by atoms with Gasteiger partial charge >= 0.3 is 0 Å². The first-order chi connectivity index (χ1) is 6.02. The molecule has 0 radical (unpaired) electrons. The quantitative estimate of drug-likeness (QED) is 0.764. The Labute approximate surface area is 86.1 Å². The minimum Gasteiger partial charge on any atom is -0.386 e. The van der Waals surface area contributed by atoms with Crippen LogP contribution >= 0.6 is 23.2 Å². The highest BCUT2D eigenvalue weighted by molar-refractivity contribution is 6.44. The lowest BCUT2D eigenvalue weighted by atomic mass is 10.0. The molecule has 0 aliphatic carbocycles. The van der Waals surface area contributed by atoms with Crippen LogP contribution in [-0.2, 0) is 0 Å². The van der Waals surface area contributed by atoms with Crippen molar-refractivity contribution in [1.29, 1.82) is 0 Å². The molecule has 0 aliphatic heterocycles. The van der Waals surface area contributed by atoms with Crippen molar-refractivity contribution in [3.63, 3.8) is 0 Å². The average molecular weight is 223 g/mol. The summed E-state index contributed by atoms with van der Waals surface area (Å²) in [5.41, 5.74) is 1.19. The van der Waals surface area contributed by atoms with Crippen LogP contribution in [0.4, 0.5) is 4.39 Å². The number of hydrogen-bond donors (Lipinski definition) is 1. The van der Waals surface area contributed by atoms with E-state index in [0.717, 1.165) is 5.56 Å². The SMILES string of the molecule is Cc1ccc(F)cc1C(O)C(Cl)Cl. The maximum Gasteiger partial charge on any atom is 0.137 e. The normalized spacial score (nSPS) is 13.4. The molecule has 0 bridgehead atoms. The monoisotopic (exact) mass is 222 g/mol. The van der Waals surface area contributed by atoms with E-state index < -0.39 is 16.8 Å². The number of aliphatic hydroxyl groups is 1. The highest BCUT2D eigenvalue weighted by Gasteiger charge is 2.18. The molecule has 0 fully saturated rings. The zero-order chi connectivity index (χ0) is 10.0. The molecule has 0 spiro atoms. The lowest BCUT2D eigenvalue weighted by molar-refractivity contribution is 0.191. The van der Waals surface area contributed by atoms with Crippen LogP contribution in [0.1, 0.15) is 17.2 Å². The summed E-state index contributed by atoms with van der Waals surface area (Å²) in [6.07, 6.45) is -1.04.